The lowest BCUT2D eigenvalue weighted by Crippen LogP contribution is -2.52. The Labute approximate surface area is 175 Å². The molecule has 0 bridgehead atoms. The van der Waals surface area contributed by atoms with Crippen molar-refractivity contribution in [1.82, 2.24) is 10.2 Å². The fourth-order valence-electron chi connectivity index (χ4n) is 4.87. The highest BCUT2D eigenvalue weighted by Crippen LogP contribution is 2.38. The molecule has 1 saturated carbocycles. The molecule has 1 aliphatic carbocycles. The van der Waals surface area contributed by atoms with Gasteiger partial charge in [-0.3, -0.25) is 14.5 Å². The van der Waals surface area contributed by atoms with E-state index >= 15 is 0 Å². The Morgan fingerprint density at radius 1 is 1.00 bits per heavy atom. The van der Waals surface area contributed by atoms with Crippen molar-refractivity contribution >= 4 is 17.4 Å². The van der Waals surface area contributed by atoms with Gasteiger partial charge in [0.2, 0.25) is 5.91 Å². The maximum absolute atomic E-state index is 12.7. The number of anilines is 1. The Bertz CT molecular complexity index is 700. The van der Waals surface area contributed by atoms with Gasteiger partial charge in [-0.15, -0.1) is 0 Å². The van der Waals surface area contributed by atoms with Crippen LogP contribution in [0.4, 0.5) is 5.69 Å². The fraction of sp³-hybridized carbons (Fsp3) is 0.667. The number of benzene rings is 1. The molecule has 29 heavy (non-hydrogen) atoms. The second-order valence-corrected chi connectivity index (χ2v) is 9.80. The van der Waals surface area contributed by atoms with Crippen LogP contribution in [0.1, 0.15) is 63.7 Å². The van der Waals surface area contributed by atoms with Crippen molar-refractivity contribution in [3.8, 4) is 0 Å². The standard InChI is InChI=1S/C24H37N3O2/c1-18(28)19-9-11-20(12-10-19)27-15-13-26(14-16-27)17-23(29)25-22-8-6-5-7-21(22)24(2,3)4/h9-12,21-22H,5-8,13-17H2,1-4H3,(H,25,29)/t21-,22-/m0/s1. The Kier molecular flexibility index (Phi) is 6.99. The summed E-state index contributed by atoms with van der Waals surface area (Å²) in [7, 11) is 0. The van der Waals surface area contributed by atoms with Crippen molar-refractivity contribution in [2.75, 3.05) is 37.6 Å². The summed E-state index contributed by atoms with van der Waals surface area (Å²) in [4.78, 5) is 28.7. The molecule has 1 aromatic rings. The third-order valence-electron chi connectivity index (χ3n) is 6.60. The molecule has 0 spiro atoms. The van der Waals surface area contributed by atoms with E-state index in [0.29, 0.717) is 18.5 Å². The van der Waals surface area contributed by atoms with Crippen molar-refractivity contribution in [1.29, 1.82) is 0 Å². The minimum atomic E-state index is 0.0963. The number of Topliss-reactive ketones (excluding diaryl/α,β-unsaturated/α-hetero) is 1. The molecule has 0 aromatic heterocycles. The zero-order valence-electron chi connectivity index (χ0n) is 18.5. The van der Waals surface area contributed by atoms with Crippen molar-refractivity contribution < 1.29 is 9.59 Å². The second-order valence-electron chi connectivity index (χ2n) is 9.80. The number of hydrogen-bond acceptors (Lipinski definition) is 4. The van der Waals surface area contributed by atoms with E-state index in [9.17, 15) is 9.59 Å². The lowest BCUT2D eigenvalue weighted by Gasteiger charge is -2.41. The molecule has 2 atom stereocenters. The summed E-state index contributed by atoms with van der Waals surface area (Å²) >= 11 is 0. The van der Waals surface area contributed by atoms with E-state index in [2.05, 4.69) is 35.9 Å². The van der Waals surface area contributed by atoms with Gasteiger partial charge in [-0.05, 0) is 55.4 Å². The van der Waals surface area contributed by atoms with Gasteiger partial charge in [0.1, 0.15) is 0 Å². The molecule has 1 heterocycles. The second kappa shape index (κ2) is 9.29. The molecule has 5 heteroatoms. The van der Waals surface area contributed by atoms with Gasteiger partial charge in [-0.25, -0.2) is 0 Å². The van der Waals surface area contributed by atoms with E-state index in [1.54, 1.807) is 6.92 Å². The Morgan fingerprint density at radius 2 is 1.62 bits per heavy atom. The van der Waals surface area contributed by atoms with E-state index in [-0.39, 0.29) is 17.1 Å². The minimum absolute atomic E-state index is 0.0963. The SMILES string of the molecule is CC(=O)c1ccc(N2CCN(CC(=O)N[C@H]3CCCC[C@@H]3C(C)(C)C)CC2)cc1. The average Bonchev–Trinajstić information content (AvgIpc) is 2.68. The summed E-state index contributed by atoms with van der Waals surface area (Å²) in [6.07, 6.45) is 4.83. The summed E-state index contributed by atoms with van der Waals surface area (Å²) in [6, 6.07) is 8.15. The molecule has 3 rings (SSSR count). The smallest absolute Gasteiger partial charge is 0.234 e. The molecule has 1 saturated heterocycles. The first-order valence-corrected chi connectivity index (χ1v) is 11.1. The largest absolute Gasteiger partial charge is 0.369 e. The van der Waals surface area contributed by atoms with Gasteiger partial charge in [0.25, 0.3) is 0 Å². The lowest BCUT2D eigenvalue weighted by atomic mass is 9.69. The molecule has 1 aromatic carbocycles. The molecule has 160 valence electrons. The van der Waals surface area contributed by atoms with Crippen LogP contribution in [-0.4, -0.2) is 55.4 Å². The molecular weight excluding hydrogens is 362 g/mol. The van der Waals surface area contributed by atoms with Gasteiger partial charge in [-0.2, -0.15) is 0 Å². The van der Waals surface area contributed by atoms with Crippen molar-refractivity contribution in [3.63, 3.8) is 0 Å². The topological polar surface area (TPSA) is 52.7 Å². The number of carbonyl (C=O) groups is 2. The van der Waals surface area contributed by atoms with Crippen LogP contribution in [0.25, 0.3) is 0 Å². The molecule has 2 fully saturated rings. The highest BCUT2D eigenvalue weighted by atomic mass is 16.2. The van der Waals surface area contributed by atoms with Crippen LogP contribution in [0.15, 0.2) is 24.3 Å². The third kappa shape index (κ3) is 5.81. The van der Waals surface area contributed by atoms with E-state index in [4.69, 9.17) is 0 Å². The van der Waals surface area contributed by atoms with Crippen LogP contribution in [0, 0.1) is 11.3 Å². The summed E-state index contributed by atoms with van der Waals surface area (Å²) in [5.74, 6) is 0.833. The maximum Gasteiger partial charge on any atom is 0.234 e. The number of amides is 1. The van der Waals surface area contributed by atoms with Crippen LogP contribution in [0.2, 0.25) is 0 Å². The van der Waals surface area contributed by atoms with Gasteiger partial charge >= 0.3 is 0 Å². The lowest BCUT2D eigenvalue weighted by molar-refractivity contribution is -0.124. The highest BCUT2D eigenvalue weighted by molar-refractivity contribution is 5.94. The van der Waals surface area contributed by atoms with Gasteiger partial charge in [0, 0.05) is 43.5 Å². The molecule has 0 unspecified atom stereocenters. The van der Waals surface area contributed by atoms with E-state index in [1.165, 1.54) is 19.3 Å². The molecular formula is C24H37N3O2. The predicted molar refractivity (Wildman–Crippen MR) is 118 cm³/mol. The van der Waals surface area contributed by atoms with Crippen molar-refractivity contribution in [2.45, 2.75) is 59.4 Å². The van der Waals surface area contributed by atoms with Gasteiger partial charge in [0.15, 0.2) is 5.78 Å². The van der Waals surface area contributed by atoms with Gasteiger partial charge < -0.3 is 10.2 Å². The van der Waals surface area contributed by atoms with Crippen LogP contribution >= 0.6 is 0 Å². The fourth-order valence-corrected chi connectivity index (χ4v) is 4.87. The molecule has 1 amide bonds. The molecule has 1 aliphatic heterocycles. The Morgan fingerprint density at radius 3 is 2.21 bits per heavy atom. The molecule has 2 aliphatic rings. The average molecular weight is 400 g/mol. The summed E-state index contributed by atoms with van der Waals surface area (Å²) in [5.41, 5.74) is 2.14. The van der Waals surface area contributed by atoms with Crippen molar-refractivity contribution in [3.05, 3.63) is 29.8 Å². The zero-order valence-corrected chi connectivity index (χ0v) is 18.5. The van der Waals surface area contributed by atoms with Crippen LogP contribution in [0.5, 0.6) is 0 Å². The number of nitrogens with one attached hydrogen (secondary N) is 1. The predicted octanol–water partition coefficient (Wildman–Crippen LogP) is 3.73. The number of carbonyl (C=O) groups excluding carboxylic acids is 2. The first-order valence-electron chi connectivity index (χ1n) is 11.1. The Balaban J connectivity index is 1.47. The van der Waals surface area contributed by atoms with Crippen LogP contribution in [-0.2, 0) is 4.79 Å². The first-order chi connectivity index (χ1) is 13.7. The van der Waals surface area contributed by atoms with E-state index in [0.717, 1.165) is 43.9 Å². The number of ketones is 1. The zero-order chi connectivity index (χ0) is 21.0. The maximum atomic E-state index is 12.7. The third-order valence-corrected chi connectivity index (χ3v) is 6.60. The van der Waals surface area contributed by atoms with Crippen LogP contribution in [0.3, 0.4) is 0 Å². The number of rotatable bonds is 5. The summed E-state index contributed by atoms with van der Waals surface area (Å²) < 4.78 is 0. The number of nitrogens with zero attached hydrogens (tertiary/aromatic N) is 2. The summed E-state index contributed by atoms with van der Waals surface area (Å²) in [5, 5.41) is 3.36. The summed E-state index contributed by atoms with van der Waals surface area (Å²) in [6.45, 7) is 12.5. The first kappa shape index (κ1) is 21.8. The van der Waals surface area contributed by atoms with E-state index < -0.39 is 0 Å². The number of piperazine rings is 1. The Hall–Kier alpha value is -1.88. The monoisotopic (exact) mass is 399 g/mol. The van der Waals surface area contributed by atoms with E-state index in [1.807, 2.05) is 24.3 Å². The molecule has 0 radical (unpaired) electrons. The molecule has 5 nitrogen and oxygen atoms in total. The van der Waals surface area contributed by atoms with Gasteiger partial charge in [-0.1, -0.05) is 33.6 Å². The normalized spacial score (nSPS) is 23.7. The quantitative estimate of drug-likeness (QED) is 0.767. The highest BCUT2D eigenvalue weighted by Gasteiger charge is 2.35. The van der Waals surface area contributed by atoms with Gasteiger partial charge in [0.05, 0.1) is 6.54 Å². The minimum Gasteiger partial charge on any atom is -0.369 e. The number of hydrogen-bond donors (Lipinski definition) is 1. The van der Waals surface area contributed by atoms with Crippen LogP contribution < -0.4 is 10.2 Å². The van der Waals surface area contributed by atoms with Crippen molar-refractivity contribution in [2.24, 2.45) is 11.3 Å². The molecule has 1 N–H and O–H groups in total.